The van der Waals surface area contributed by atoms with E-state index in [0.29, 0.717) is 0 Å². The van der Waals surface area contributed by atoms with Crippen LogP contribution in [-0.2, 0) is 0 Å². The van der Waals surface area contributed by atoms with Crippen molar-refractivity contribution >= 4 is 71.7 Å². The molecule has 3 heteroatoms. The molecule has 2 heterocycles. The first-order valence-corrected chi connectivity index (χ1v) is 18.7. The summed E-state index contributed by atoms with van der Waals surface area (Å²) in [6.45, 7) is 0. The van der Waals surface area contributed by atoms with E-state index in [0.717, 1.165) is 83.0 Å². The number of benzene rings is 9. The largest absolute Gasteiger partial charge is 0.456 e. The Morgan fingerprint density at radius 1 is 0.327 bits per heavy atom. The number of furan rings is 2. The Hall–Kier alpha value is -7.36. The van der Waals surface area contributed by atoms with E-state index in [1.54, 1.807) is 0 Å². The fourth-order valence-corrected chi connectivity index (χ4v) is 8.29. The van der Waals surface area contributed by atoms with Crippen LogP contribution in [0.25, 0.3) is 88.0 Å². The van der Waals surface area contributed by atoms with Crippen LogP contribution < -0.4 is 4.90 Å². The van der Waals surface area contributed by atoms with Gasteiger partial charge in [-0.05, 0) is 99.4 Å². The van der Waals surface area contributed by atoms with Crippen LogP contribution in [0.1, 0.15) is 0 Å². The molecule has 0 spiro atoms. The third-order valence-electron chi connectivity index (χ3n) is 10.9. The van der Waals surface area contributed by atoms with Gasteiger partial charge in [-0.3, -0.25) is 0 Å². The zero-order valence-corrected chi connectivity index (χ0v) is 29.8. The summed E-state index contributed by atoms with van der Waals surface area (Å²) < 4.78 is 13.0. The molecule has 0 aliphatic heterocycles. The minimum Gasteiger partial charge on any atom is -0.456 e. The minimum atomic E-state index is 0.857. The molecule has 11 aromatic rings. The van der Waals surface area contributed by atoms with E-state index >= 15 is 0 Å². The number of hydrogen-bond acceptors (Lipinski definition) is 3. The number of rotatable bonds is 6. The van der Waals surface area contributed by atoms with Crippen molar-refractivity contribution in [3.8, 4) is 33.4 Å². The molecule has 258 valence electrons. The van der Waals surface area contributed by atoms with Gasteiger partial charge in [0.25, 0.3) is 0 Å². The Balaban J connectivity index is 1.08. The molecule has 0 N–H and O–H groups in total. The fraction of sp³-hybridized carbons (Fsp3) is 0. The van der Waals surface area contributed by atoms with Crippen LogP contribution in [0.5, 0.6) is 0 Å². The predicted octanol–water partition coefficient (Wildman–Crippen LogP) is 15.1. The SMILES string of the molecule is c1ccc(-c2cccc(-c3ccc(N(c4cccc(-c5cccc6oc7c8ccccc8ccc7c56)c4)c4cccc5oc6ccccc6c45)cc3)c2)cc1. The summed E-state index contributed by atoms with van der Waals surface area (Å²) in [7, 11) is 0. The standard InChI is InChI=1S/C52H33NO2/c1-2-12-34(13-3-1)37-15-8-16-38(32-37)35-26-29-40(30-27-35)53(46-22-11-25-49-51(46)44-20-6-7-23-47(44)54-49)41-18-9-17-39(33-41)42-21-10-24-48-50(42)45-31-28-36-14-4-5-19-43(36)52(45)55-48/h1-33H. The van der Waals surface area contributed by atoms with Crippen LogP contribution in [-0.4, -0.2) is 0 Å². The van der Waals surface area contributed by atoms with Crippen molar-refractivity contribution in [2.24, 2.45) is 0 Å². The summed E-state index contributed by atoms with van der Waals surface area (Å²) in [6, 6.07) is 70.9. The third-order valence-corrected chi connectivity index (χ3v) is 10.9. The molecule has 2 aromatic heterocycles. The van der Waals surface area contributed by atoms with Crippen LogP contribution in [0.15, 0.2) is 209 Å². The van der Waals surface area contributed by atoms with Gasteiger partial charge in [-0.2, -0.15) is 0 Å². The Labute approximate surface area is 317 Å². The van der Waals surface area contributed by atoms with Gasteiger partial charge in [0.15, 0.2) is 0 Å². The number of hydrogen-bond donors (Lipinski definition) is 0. The summed E-state index contributed by atoms with van der Waals surface area (Å²) in [5.74, 6) is 0. The predicted molar refractivity (Wildman–Crippen MR) is 229 cm³/mol. The molecule has 3 nitrogen and oxygen atoms in total. The number of nitrogens with zero attached hydrogens (tertiary/aromatic N) is 1. The van der Waals surface area contributed by atoms with Gasteiger partial charge in [-0.1, -0.05) is 140 Å². The molecule has 0 bridgehead atoms. The summed E-state index contributed by atoms with van der Waals surface area (Å²) in [5.41, 5.74) is 13.7. The van der Waals surface area contributed by atoms with Crippen molar-refractivity contribution in [1.29, 1.82) is 0 Å². The zero-order chi connectivity index (χ0) is 36.3. The van der Waals surface area contributed by atoms with Crippen molar-refractivity contribution in [3.05, 3.63) is 200 Å². The lowest BCUT2D eigenvalue weighted by Crippen LogP contribution is -2.10. The van der Waals surface area contributed by atoms with Gasteiger partial charge in [0, 0.05) is 32.9 Å². The van der Waals surface area contributed by atoms with Gasteiger partial charge in [0.2, 0.25) is 0 Å². The smallest absolute Gasteiger partial charge is 0.143 e. The minimum absolute atomic E-state index is 0.857. The van der Waals surface area contributed by atoms with Crippen LogP contribution >= 0.6 is 0 Å². The van der Waals surface area contributed by atoms with Crippen LogP contribution in [0.2, 0.25) is 0 Å². The molecule has 0 radical (unpaired) electrons. The van der Waals surface area contributed by atoms with E-state index in [1.807, 2.05) is 12.1 Å². The van der Waals surface area contributed by atoms with E-state index in [-0.39, 0.29) is 0 Å². The fourth-order valence-electron chi connectivity index (χ4n) is 8.29. The lowest BCUT2D eigenvalue weighted by Gasteiger charge is -2.27. The summed E-state index contributed by atoms with van der Waals surface area (Å²) in [4.78, 5) is 2.36. The second kappa shape index (κ2) is 12.6. The Morgan fingerprint density at radius 3 is 1.82 bits per heavy atom. The first kappa shape index (κ1) is 31.2. The number of fused-ring (bicyclic) bond motifs is 8. The molecule has 9 aromatic carbocycles. The topological polar surface area (TPSA) is 29.5 Å². The average Bonchev–Trinajstić information content (AvgIpc) is 3.84. The van der Waals surface area contributed by atoms with E-state index < -0.39 is 0 Å². The Kier molecular flexibility index (Phi) is 7.17. The first-order chi connectivity index (χ1) is 27.3. The first-order valence-electron chi connectivity index (χ1n) is 18.7. The van der Waals surface area contributed by atoms with Crippen molar-refractivity contribution in [1.82, 2.24) is 0 Å². The highest BCUT2D eigenvalue weighted by Crippen LogP contribution is 2.45. The van der Waals surface area contributed by atoms with Crippen molar-refractivity contribution in [2.75, 3.05) is 4.90 Å². The molecule has 0 amide bonds. The molecule has 0 saturated carbocycles. The van der Waals surface area contributed by atoms with Gasteiger partial charge in [-0.15, -0.1) is 0 Å². The van der Waals surface area contributed by atoms with E-state index in [2.05, 4.69) is 193 Å². The van der Waals surface area contributed by atoms with E-state index in [9.17, 15) is 0 Å². The van der Waals surface area contributed by atoms with Gasteiger partial charge in [0.05, 0.1) is 11.1 Å². The zero-order valence-electron chi connectivity index (χ0n) is 29.8. The van der Waals surface area contributed by atoms with Crippen LogP contribution in [0.3, 0.4) is 0 Å². The molecular weight excluding hydrogens is 671 g/mol. The van der Waals surface area contributed by atoms with Gasteiger partial charge in [-0.25, -0.2) is 0 Å². The van der Waals surface area contributed by atoms with Crippen molar-refractivity contribution < 1.29 is 8.83 Å². The lowest BCUT2D eigenvalue weighted by molar-refractivity contribution is 0.669. The summed E-state index contributed by atoms with van der Waals surface area (Å²) >= 11 is 0. The molecule has 11 rings (SSSR count). The molecule has 0 atom stereocenters. The second-order valence-corrected chi connectivity index (χ2v) is 14.1. The monoisotopic (exact) mass is 703 g/mol. The Bertz CT molecular complexity index is 3210. The molecule has 0 saturated heterocycles. The molecular formula is C52H33NO2. The summed E-state index contributed by atoms with van der Waals surface area (Å²) in [5, 5.41) is 6.70. The molecule has 0 aliphatic carbocycles. The third kappa shape index (κ3) is 5.20. The van der Waals surface area contributed by atoms with Gasteiger partial charge < -0.3 is 13.7 Å². The van der Waals surface area contributed by atoms with Crippen molar-refractivity contribution in [2.45, 2.75) is 0 Å². The number of para-hydroxylation sites is 1. The highest BCUT2D eigenvalue weighted by molar-refractivity contribution is 6.19. The Morgan fingerprint density at radius 2 is 0.964 bits per heavy atom. The van der Waals surface area contributed by atoms with Gasteiger partial charge in [0.1, 0.15) is 22.3 Å². The summed E-state index contributed by atoms with van der Waals surface area (Å²) in [6.07, 6.45) is 0. The molecule has 0 fully saturated rings. The van der Waals surface area contributed by atoms with Gasteiger partial charge >= 0.3 is 0 Å². The highest BCUT2D eigenvalue weighted by Gasteiger charge is 2.21. The molecule has 0 unspecified atom stereocenters. The average molecular weight is 704 g/mol. The maximum atomic E-state index is 6.58. The maximum Gasteiger partial charge on any atom is 0.143 e. The van der Waals surface area contributed by atoms with Crippen LogP contribution in [0.4, 0.5) is 17.1 Å². The quantitative estimate of drug-likeness (QED) is 0.173. The highest BCUT2D eigenvalue weighted by atomic mass is 16.3. The number of anilines is 3. The van der Waals surface area contributed by atoms with E-state index in [4.69, 9.17) is 8.83 Å². The molecule has 0 aliphatic rings. The molecule has 55 heavy (non-hydrogen) atoms. The maximum absolute atomic E-state index is 6.58. The van der Waals surface area contributed by atoms with Crippen LogP contribution in [0, 0.1) is 0 Å². The lowest BCUT2D eigenvalue weighted by atomic mass is 9.97. The van der Waals surface area contributed by atoms with Crippen molar-refractivity contribution in [3.63, 3.8) is 0 Å². The normalized spacial score (nSPS) is 11.6. The second-order valence-electron chi connectivity index (χ2n) is 14.1. The van der Waals surface area contributed by atoms with E-state index in [1.165, 1.54) is 22.1 Å².